The van der Waals surface area contributed by atoms with E-state index in [2.05, 4.69) is 14.7 Å². The van der Waals surface area contributed by atoms with Gasteiger partial charge in [-0.3, -0.25) is 9.97 Å². The van der Waals surface area contributed by atoms with E-state index >= 15 is 0 Å². The largest absolute Gasteiger partial charge is 0.465 e. The Bertz CT molecular complexity index is 480. The van der Waals surface area contributed by atoms with Gasteiger partial charge in [0.15, 0.2) is 0 Å². The molecule has 0 aliphatic heterocycles. The van der Waals surface area contributed by atoms with Gasteiger partial charge < -0.3 is 4.74 Å². The first kappa shape index (κ1) is 10.3. The molecule has 0 spiro atoms. The lowest BCUT2D eigenvalue weighted by Gasteiger charge is -2.01. The fourth-order valence-corrected chi connectivity index (χ4v) is 1.33. The van der Waals surface area contributed by atoms with Gasteiger partial charge in [0.05, 0.1) is 18.4 Å². The Morgan fingerprint density at radius 1 is 1.19 bits per heavy atom. The fourth-order valence-electron chi connectivity index (χ4n) is 1.33. The van der Waals surface area contributed by atoms with Gasteiger partial charge in [0.2, 0.25) is 0 Å². The van der Waals surface area contributed by atoms with E-state index < -0.39 is 0 Å². The van der Waals surface area contributed by atoms with Gasteiger partial charge in [0.1, 0.15) is 0 Å². The molecule has 2 aromatic rings. The molecular formula is C12H10N2O2. The third-order valence-corrected chi connectivity index (χ3v) is 2.16. The van der Waals surface area contributed by atoms with Gasteiger partial charge in [0.25, 0.3) is 0 Å². The Balaban J connectivity index is 2.30. The van der Waals surface area contributed by atoms with Gasteiger partial charge in [-0.1, -0.05) is 0 Å². The maximum atomic E-state index is 11.2. The third kappa shape index (κ3) is 2.06. The van der Waals surface area contributed by atoms with E-state index in [4.69, 9.17) is 0 Å². The Morgan fingerprint density at radius 2 is 1.94 bits per heavy atom. The molecule has 0 aliphatic carbocycles. The van der Waals surface area contributed by atoms with E-state index in [0.29, 0.717) is 5.56 Å². The van der Waals surface area contributed by atoms with E-state index in [-0.39, 0.29) is 5.97 Å². The predicted molar refractivity (Wildman–Crippen MR) is 58.8 cm³/mol. The van der Waals surface area contributed by atoms with Crippen LogP contribution < -0.4 is 0 Å². The first-order valence-corrected chi connectivity index (χ1v) is 4.76. The number of carbonyl (C=O) groups is 1. The van der Waals surface area contributed by atoms with Crippen molar-refractivity contribution in [3.05, 3.63) is 48.4 Å². The number of ether oxygens (including phenoxy) is 1. The van der Waals surface area contributed by atoms with Crippen LogP contribution in [0.3, 0.4) is 0 Å². The topological polar surface area (TPSA) is 52.1 Å². The Morgan fingerprint density at radius 3 is 2.50 bits per heavy atom. The second-order valence-corrected chi connectivity index (χ2v) is 3.16. The summed E-state index contributed by atoms with van der Waals surface area (Å²) in [6, 6.07) is 7.19. The summed E-state index contributed by atoms with van der Waals surface area (Å²) in [5.74, 6) is -0.381. The summed E-state index contributed by atoms with van der Waals surface area (Å²) in [4.78, 5) is 19.3. The van der Waals surface area contributed by atoms with Gasteiger partial charge in [-0.25, -0.2) is 4.79 Å². The molecule has 0 aliphatic rings. The quantitative estimate of drug-likeness (QED) is 0.717. The van der Waals surface area contributed by atoms with E-state index in [1.807, 2.05) is 12.1 Å². The van der Waals surface area contributed by atoms with Crippen molar-refractivity contribution >= 4 is 5.97 Å². The van der Waals surface area contributed by atoms with Crippen molar-refractivity contribution in [2.45, 2.75) is 0 Å². The van der Waals surface area contributed by atoms with Crippen LogP contribution in [0, 0.1) is 0 Å². The number of esters is 1. The molecule has 2 rings (SSSR count). The summed E-state index contributed by atoms with van der Waals surface area (Å²) in [7, 11) is 1.35. The van der Waals surface area contributed by atoms with Crippen LogP contribution in [0.5, 0.6) is 0 Å². The lowest BCUT2D eigenvalue weighted by molar-refractivity contribution is 0.0600. The molecule has 0 N–H and O–H groups in total. The SMILES string of the molecule is COC(=O)c1ccc(-c2ccncc2)nc1. The smallest absolute Gasteiger partial charge is 0.339 e. The van der Waals surface area contributed by atoms with E-state index in [9.17, 15) is 4.79 Å². The number of hydrogen-bond acceptors (Lipinski definition) is 4. The lowest BCUT2D eigenvalue weighted by atomic mass is 10.1. The van der Waals surface area contributed by atoms with E-state index in [1.54, 1.807) is 24.5 Å². The molecule has 0 saturated heterocycles. The molecule has 0 saturated carbocycles. The molecule has 4 nitrogen and oxygen atoms in total. The van der Waals surface area contributed by atoms with Crippen LogP contribution in [0.2, 0.25) is 0 Å². The molecule has 0 atom stereocenters. The average molecular weight is 214 g/mol. The van der Waals surface area contributed by atoms with Crippen molar-refractivity contribution in [1.82, 2.24) is 9.97 Å². The minimum absolute atomic E-state index is 0.381. The van der Waals surface area contributed by atoms with Crippen molar-refractivity contribution in [3.63, 3.8) is 0 Å². The summed E-state index contributed by atoms with van der Waals surface area (Å²) < 4.78 is 4.59. The lowest BCUT2D eigenvalue weighted by Crippen LogP contribution is -2.01. The maximum Gasteiger partial charge on any atom is 0.339 e. The van der Waals surface area contributed by atoms with Gasteiger partial charge in [-0.05, 0) is 24.3 Å². The van der Waals surface area contributed by atoms with Crippen molar-refractivity contribution in [2.24, 2.45) is 0 Å². The van der Waals surface area contributed by atoms with Crippen LogP contribution >= 0.6 is 0 Å². The van der Waals surface area contributed by atoms with Crippen molar-refractivity contribution in [2.75, 3.05) is 7.11 Å². The van der Waals surface area contributed by atoms with Gasteiger partial charge >= 0.3 is 5.97 Å². The average Bonchev–Trinajstić information content (AvgIpc) is 2.39. The monoisotopic (exact) mass is 214 g/mol. The number of hydrogen-bond donors (Lipinski definition) is 0. The summed E-state index contributed by atoms with van der Waals surface area (Å²) in [5.41, 5.74) is 2.21. The van der Waals surface area contributed by atoms with Crippen LogP contribution in [0.4, 0.5) is 0 Å². The van der Waals surface area contributed by atoms with Crippen molar-refractivity contribution in [3.8, 4) is 11.3 Å². The van der Waals surface area contributed by atoms with Crippen LogP contribution in [0.15, 0.2) is 42.9 Å². The number of aromatic nitrogens is 2. The van der Waals surface area contributed by atoms with Gasteiger partial charge in [0, 0.05) is 24.2 Å². The summed E-state index contributed by atoms with van der Waals surface area (Å²) >= 11 is 0. The molecule has 2 heterocycles. The highest BCUT2D eigenvalue weighted by atomic mass is 16.5. The highest BCUT2D eigenvalue weighted by Gasteiger charge is 2.05. The fraction of sp³-hybridized carbons (Fsp3) is 0.0833. The highest BCUT2D eigenvalue weighted by Crippen LogP contribution is 2.15. The summed E-state index contributed by atoms with van der Waals surface area (Å²) in [6.07, 6.45) is 4.90. The molecule has 2 aromatic heterocycles. The van der Waals surface area contributed by atoms with Crippen molar-refractivity contribution in [1.29, 1.82) is 0 Å². The second kappa shape index (κ2) is 4.53. The zero-order valence-corrected chi connectivity index (χ0v) is 8.75. The van der Waals surface area contributed by atoms with Crippen molar-refractivity contribution < 1.29 is 9.53 Å². The number of carbonyl (C=O) groups excluding carboxylic acids is 1. The summed E-state index contributed by atoms with van der Waals surface area (Å²) in [6.45, 7) is 0. The minimum atomic E-state index is -0.381. The van der Waals surface area contributed by atoms with Gasteiger partial charge in [-0.2, -0.15) is 0 Å². The standard InChI is InChI=1S/C12H10N2O2/c1-16-12(15)10-2-3-11(14-8-10)9-4-6-13-7-5-9/h2-8H,1H3. The molecule has 16 heavy (non-hydrogen) atoms. The molecule has 80 valence electrons. The first-order chi connectivity index (χ1) is 7.81. The van der Waals surface area contributed by atoms with Crippen LogP contribution in [0.25, 0.3) is 11.3 Å². The van der Waals surface area contributed by atoms with E-state index in [0.717, 1.165) is 11.3 Å². The van der Waals surface area contributed by atoms with Crippen LogP contribution in [-0.4, -0.2) is 23.0 Å². The molecule has 0 unspecified atom stereocenters. The molecule has 0 radical (unpaired) electrons. The van der Waals surface area contributed by atoms with E-state index in [1.165, 1.54) is 13.3 Å². The summed E-state index contributed by atoms with van der Waals surface area (Å²) in [5, 5.41) is 0. The van der Waals surface area contributed by atoms with Crippen LogP contribution in [-0.2, 0) is 4.74 Å². The van der Waals surface area contributed by atoms with Gasteiger partial charge in [-0.15, -0.1) is 0 Å². The number of pyridine rings is 2. The Labute approximate surface area is 92.9 Å². The zero-order chi connectivity index (χ0) is 11.4. The number of rotatable bonds is 2. The molecule has 0 amide bonds. The third-order valence-electron chi connectivity index (χ3n) is 2.16. The zero-order valence-electron chi connectivity index (χ0n) is 8.75. The Hall–Kier alpha value is -2.23. The molecule has 0 fully saturated rings. The number of methoxy groups -OCH3 is 1. The van der Waals surface area contributed by atoms with Crippen LogP contribution in [0.1, 0.15) is 10.4 Å². The molecule has 0 aromatic carbocycles. The highest BCUT2D eigenvalue weighted by molar-refractivity contribution is 5.89. The maximum absolute atomic E-state index is 11.2. The Kier molecular flexibility index (Phi) is 2.91. The predicted octanol–water partition coefficient (Wildman–Crippen LogP) is 1.93. The molecule has 4 heteroatoms. The normalized spacial score (nSPS) is 9.81. The minimum Gasteiger partial charge on any atom is -0.465 e. The first-order valence-electron chi connectivity index (χ1n) is 4.76. The number of nitrogens with zero attached hydrogens (tertiary/aromatic N) is 2. The molecular weight excluding hydrogens is 204 g/mol. The second-order valence-electron chi connectivity index (χ2n) is 3.16. The molecule has 0 bridgehead atoms.